The number of pyridine rings is 1. The number of aryl methyl sites for hydroxylation is 1. The van der Waals surface area contributed by atoms with E-state index in [9.17, 15) is 26.4 Å². The Labute approximate surface area is 147 Å². The van der Waals surface area contributed by atoms with E-state index in [2.05, 4.69) is 15.4 Å². The third-order valence-electron chi connectivity index (χ3n) is 3.91. The zero-order valence-corrected chi connectivity index (χ0v) is 14.6. The van der Waals surface area contributed by atoms with Crippen molar-refractivity contribution in [3.8, 4) is 0 Å². The lowest BCUT2D eigenvalue weighted by molar-refractivity contribution is -0.138. The molecule has 140 valence electrons. The molecule has 0 aliphatic heterocycles. The maximum Gasteiger partial charge on any atom is 0.420 e. The third kappa shape index (κ3) is 3.57. The van der Waals surface area contributed by atoms with Crippen molar-refractivity contribution in [3.63, 3.8) is 0 Å². The maximum absolute atomic E-state index is 13.5. The average molecular weight is 388 g/mol. The molecule has 11 heteroatoms. The van der Waals surface area contributed by atoms with Crippen LogP contribution < -0.4 is 5.32 Å². The number of hydrogen-bond acceptors (Lipinski definition) is 5. The standard InChI is InChI=1S/C15H15F3N4O3S/c1-22-13(11(15(16,17)18)12(21-22)8-3-4-8)14(23)20-9-5-6-19-10(7-9)26(2,24)25/h5-8H,3-4H2,1-2H3,(H,19,20,23). The molecule has 0 radical (unpaired) electrons. The molecule has 0 saturated heterocycles. The minimum atomic E-state index is -4.73. The first-order chi connectivity index (χ1) is 12.0. The number of rotatable bonds is 4. The predicted octanol–water partition coefficient (Wildman–Crippen LogP) is 2.37. The van der Waals surface area contributed by atoms with Gasteiger partial charge in [-0.05, 0) is 25.0 Å². The van der Waals surface area contributed by atoms with Crippen LogP contribution in [0.2, 0.25) is 0 Å². The molecule has 26 heavy (non-hydrogen) atoms. The smallest absolute Gasteiger partial charge is 0.320 e. The second-order valence-electron chi connectivity index (χ2n) is 6.11. The minimum absolute atomic E-state index is 0.0210. The number of sulfone groups is 1. The van der Waals surface area contributed by atoms with Crippen molar-refractivity contribution in [3.05, 3.63) is 35.3 Å². The van der Waals surface area contributed by atoms with Crippen molar-refractivity contribution in [1.82, 2.24) is 14.8 Å². The number of hydrogen-bond donors (Lipinski definition) is 1. The van der Waals surface area contributed by atoms with Crippen LogP contribution in [0.25, 0.3) is 0 Å². The van der Waals surface area contributed by atoms with Crippen LogP contribution in [-0.2, 0) is 23.1 Å². The van der Waals surface area contributed by atoms with Crippen molar-refractivity contribution >= 4 is 21.4 Å². The average Bonchev–Trinajstić information content (AvgIpc) is 3.28. The summed E-state index contributed by atoms with van der Waals surface area (Å²) in [6.45, 7) is 0. The first kappa shape index (κ1) is 18.4. The molecule has 2 aromatic rings. The lowest BCUT2D eigenvalue weighted by Gasteiger charge is -2.11. The molecule has 1 aliphatic rings. The van der Waals surface area contributed by atoms with Crippen LogP contribution in [-0.4, -0.2) is 35.3 Å². The van der Waals surface area contributed by atoms with Crippen LogP contribution in [0.5, 0.6) is 0 Å². The Morgan fingerprint density at radius 1 is 1.35 bits per heavy atom. The summed E-state index contributed by atoms with van der Waals surface area (Å²) in [4.78, 5) is 16.1. The Bertz CT molecular complexity index is 979. The van der Waals surface area contributed by atoms with Crippen molar-refractivity contribution in [2.24, 2.45) is 7.05 Å². The number of carbonyl (C=O) groups is 1. The van der Waals surface area contributed by atoms with Gasteiger partial charge in [-0.2, -0.15) is 18.3 Å². The largest absolute Gasteiger partial charge is 0.420 e. The monoisotopic (exact) mass is 388 g/mol. The normalized spacial score (nSPS) is 15.1. The molecule has 3 rings (SSSR count). The fraction of sp³-hybridized carbons (Fsp3) is 0.400. The zero-order valence-electron chi connectivity index (χ0n) is 13.8. The van der Waals surface area contributed by atoms with E-state index in [0.717, 1.165) is 23.2 Å². The van der Waals surface area contributed by atoms with Crippen molar-refractivity contribution in [1.29, 1.82) is 0 Å². The number of nitrogens with one attached hydrogen (secondary N) is 1. The van der Waals surface area contributed by atoms with Gasteiger partial charge < -0.3 is 5.32 Å². The number of aromatic nitrogens is 3. The van der Waals surface area contributed by atoms with Gasteiger partial charge in [-0.3, -0.25) is 9.48 Å². The molecule has 0 bridgehead atoms. The van der Waals surface area contributed by atoms with Crippen LogP contribution in [0.15, 0.2) is 23.4 Å². The summed E-state index contributed by atoms with van der Waals surface area (Å²) >= 11 is 0. The Morgan fingerprint density at radius 2 is 2.00 bits per heavy atom. The first-order valence-corrected chi connectivity index (χ1v) is 9.49. The second-order valence-corrected chi connectivity index (χ2v) is 8.08. The van der Waals surface area contributed by atoms with E-state index in [1.54, 1.807) is 0 Å². The van der Waals surface area contributed by atoms with E-state index in [1.165, 1.54) is 13.1 Å². The molecule has 0 aromatic carbocycles. The molecule has 1 fully saturated rings. The quantitative estimate of drug-likeness (QED) is 0.868. The van der Waals surface area contributed by atoms with Crippen molar-refractivity contribution in [2.45, 2.75) is 30.0 Å². The van der Waals surface area contributed by atoms with Gasteiger partial charge in [0.1, 0.15) is 11.3 Å². The fourth-order valence-corrected chi connectivity index (χ4v) is 3.20. The van der Waals surface area contributed by atoms with E-state index >= 15 is 0 Å². The third-order valence-corrected chi connectivity index (χ3v) is 4.89. The first-order valence-electron chi connectivity index (χ1n) is 7.60. The highest BCUT2D eigenvalue weighted by Crippen LogP contribution is 2.46. The van der Waals surface area contributed by atoms with Gasteiger partial charge in [0.2, 0.25) is 0 Å². The van der Waals surface area contributed by atoms with Gasteiger partial charge >= 0.3 is 6.18 Å². The summed E-state index contributed by atoms with van der Waals surface area (Å²) in [5, 5.41) is 5.88. The number of halogens is 3. The van der Waals surface area contributed by atoms with Gasteiger partial charge in [0.25, 0.3) is 5.91 Å². The van der Waals surface area contributed by atoms with Crippen molar-refractivity contribution in [2.75, 3.05) is 11.6 Å². The van der Waals surface area contributed by atoms with Gasteiger partial charge in [-0.25, -0.2) is 13.4 Å². The van der Waals surface area contributed by atoms with Crippen LogP contribution in [0.1, 0.15) is 40.5 Å². The molecule has 1 saturated carbocycles. The molecular formula is C15H15F3N4O3S. The van der Waals surface area contributed by atoms with E-state index in [-0.39, 0.29) is 22.3 Å². The molecule has 7 nitrogen and oxygen atoms in total. The lowest BCUT2D eigenvalue weighted by atomic mass is 10.1. The SMILES string of the molecule is Cn1nc(C2CC2)c(C(F)(F)F)c1C(=O)Nc1ccnc(S(C)(=O)=O)c1. The Kier molecular flexibility index (Phi) is 4.29. The zero-order chi connectivity index (χ0) is 19.3. The highest BCUT2D eigenvalue weighted by Gasteiger charge is 2.45. The highest BCUT2D eigenvalue weighted by atomic mass is 32.2. The van der Waals surface area contributed by atoms with E-state index in [4.69, 9.17) is 0 Å². The van der Waals surface area contributed by atoms with Gasteiger partial charge in [0.15, 0.2) is 14.9 Å². The number of nitrogens with zero attached hydrogens (tertiary/aromatic N) is 3. The highest BCUT2D eigenvalue weighted by molar-refractivity contribution is 7.90. The van der Waals surface area contributed by atoms with Crippen molar-refractivity contribution < 1.29 is 26.4 Å². The summed E-state index contributed by atoms with van der Waals surface area (Å²) in [5.74, 6) is -1.32. The van der Waals surface area contributed by atoms with E-state index in [1.807, 2.05) is 0 Å². The molecule has 1 aliphatic carbocycles. The topological polar surface area (TPSA) is 93.9 Å². The van der Waals surface area contributed by atoms with Crippen LogP contribution in [0, 0.1) is 0 Å². The van der Waals surface area contributed by atoms with Crippen LogP contribution >= 0.6 is 0 Å². The Morgan fingerprint density at radius 3 is 2.54 bits per heavy atom. The van der Waals surface area contributed by atoms with Gasteiger partial charge in [-0.15, -0.1) is 0 Å². The number of amides is 1. The van der Waals surface area contributed by atoms with E-state index in [0.29, 0.717) is 12.8 Å². The van der Waals surface area contributed by atoms with E-state index < -0.39 is 33.2 Å². The molecule has 2 heterocycles. The Balaban J connectivity index is 1.99. The number of carbonyl (C=O) groups excluding carboxylic acids is 1. The second kappa shape index (κ2) is 6.08. The fourth-order valence-electron chi connectivity index (χ4n) is 2.61. The molecule has 0 atom stereocenters. The molecule has 2 aromatic heterocycles. The van der Waals surface area contributed by atoms with Gasteiger partial charge in [0.05, 0.1) is 5.69 Å². The minimum Gasteiger partial charge on any atom is -0.320 e. The summed E-state index contributed by atoms with van der Waals surface area (Å²) in [6, 6.07) is 2.37. The van der Waals surface area contributed by atoms with Gasteiger partial charge in [0, 0.05) is 31.1 Å². The summed E-state index contributed by atoms with van der Waals surface area (Å²) in [7, 11) is -2.36. The van der Waals surface area contributed by atoms with Crippen LogP contribution in [0.3, 0.4) is 0 Å². The summed E-state index contributed by atoms with van der Waals surface area (Å²) < 4.78 is 64.5. The number of anilines is 1. The van der Waals surface area contributed by atoms with Gasteiger partial charge in [-0.1, -0.05) is 0 Å². The predicted molar refractivity (Wildman–Crippen MR) is 85.5 cm³/mol. The molecule has 1 N–H and O–H groups in total. The summed E-state index contributed by atoms with van der Waals surface area (Å²) in [5.41, 5.74) is -1.76. The maximum atomic E-state index is 13.5. The Hall–Kier alpha value is -2.43. The molecule has 1 amide bonds. The molecule has 0 unspecified atom stereocenters. The lowest BCUT2D eigenvalue weighted by Crippen LogP contribution is -2.21. The molecular weight excluding hydrogens is 373 g/mol. The summed E-state index contributed by atoms with van der Waals surface area (Å²) in [6.07, 6.45) is -1.44. The number of alkyl halides is 3. The molecule has 0 spiro atoms. The van der Waals surface area contributed by atoms with Crippen LogP contribution in [0.4, 0.5) is 18.9 Å².